The van der Waals surface area contributed by atoms with Crippen LogP contribution in [0.5, 0.6) is 0 Å². The molecule has 1 amide bonds. The maximum absolute atomic E-state index is 11.9. The van der Waals surface area contributed by atoms with Crippen LogP contribution in [-0.4, -0.2) is 19.0 Å². The lowest BCUT2D eigenvalue weighted by Crippen LogP contribution is -2.30. The van der Waals surface area contributed by atoms with Gasteiger partial charge < -0.3 is 10.6 Å². The van der Waals surface area contributed by atoms with Gasteiger partial charge in [-0.2, -0.15) is 0 Å². The second kappa shape index (κ2) is 7.17. The molecule has 0 aromatic heterocycles. The fourth-order valence-corrected chi connectivity index (χ4v) is 1.67. The molecular weight excluding hydrogens is 224 g/mol. The largest absolute Gasteiger partial charge is 0.326 e. The summed E-state index contributed by atoms with van der Waals surface area (Å²) in [6.07, 6.45) is 0. The van der Waals surface area contributed by atoms with Gasteiger partial charge in [-0.15, -0.1) is 0 Å². The van der Waals surface area contributed by atoms with E-state index in [1.807, 2.05) is 26.0 Å². The molecule has 0 fully saturated rings. The minimum absolute atomic E-state index is 0.0188. The molecule has 0 aliphatic rings. The van der Waals surface area contributed by atoms with Crippen LogP contribution < -0.4 is 10.6 Å². The zero-order valence-electron chi connectivity index (χ0n) is 11.8. The van der Waals surface area contributed by atoms with E-state index in [1.54, 1.807) is 0 Å². The minimum atomic E-state index is -0.0188. The van der Waals surface area contributed by atoms with Gasteiger partial charge in [0.15, 0.2) is 0 Å². The van der Waals surface area contributed by atoms with Crippen molar-refractivity contribution < 1.29 is 4.79 Å². The first-order valence-corrected chi connectivity index (χ1v) is 6.66. The van der Waals surface area contributed by atoms with E-state index >= 15 is 0 Å². The predicted molar refractivity (Wildman–Crippen MR) is 76.9 cm³/mol. The van der Waals surface area contributed by atoms with E-state index in [-0.39, 0.29) is 11.8 Å². The van der Waals surface area contributed by atoms with Gasteiger partial charge in [-0.1, -0.05) is 39.8 Å². The van der Waals surface area contributed by atoms with Gasteiger partial charge in [0, 0.05) is 18.2 Å². The molecule has 1 atom stereocenters. The Morgan fingerprint density at radius 1 is 1.17 bits per heavy atom. The number of anilines is 1. The Morgan fingerprint density at radius 3 is 2.28 bits per heavy atom. The highest BCUT2D eigenvalue weighted by Gasteiger charge is 2.12. The van der Waals surface area contributed by atoms with Crippen LogP contribution in [0.25, 0.3) is 0 Å². The van der Waals surface area contributed by atoms with Crippen molar-refractivity contribution in [1.29, 1.82) is 0 Å². The fourth-order valence-electron chi connectivity index (χ4n) is 1.67. The van der Waals surface area contributed by atoms with Crippen molar-refractivity contribution in [3.05, 3.63) is 29.8 Å². The van der Waals surface area contributed by atoms with Crippen LogP contribution >= 0.6 is 0 Å². The summed E-state index contributed by atoms with van der Waals surface area (Å²) in [5.41, 5.74) is 2.15. The maximum Gasteiger partial charge on any atom is 0.228 e. The summed E-state index contributed by atoms with van der Waals surface area (Å²) in [6, 6.07) is 8.06. The van der Waals surface area contributed by atoms with Crippen LogP contribution in [0.4, 0.5) is 5.69 Å². The van der Waals surface area contributed by atoms with E-state index in [0.29, 0.717) is 12.5 Å². The molecule has 3 nitrogen and oxygen atoms in total. The molecule has 3 heteroatoms. The number of carbonyl (C=O) groups excluding carboxylic acids is 1. The molecule has 0 aliphatic heterocycles. The van der Waals surface area contributed by atoms with Crippen molar-refractivity contribution in [1.82, 2.24) is 5.32 Å². The van der Waals surface area contributed by atoms with Gasteiger partial charge >= 0.3 is 0 Å². The molecule has 100 valence electrons. The normalized spacial score (nSPS) is 12.5. The van der Waals surface area contributed by atoms with Crippen LogP contribution in [0.2, 0.25) is 0 Å². The zero-order valence-corrected chi connectivity index (χ0v) is 11.8. The van der Waals surface area contributed by atoms with Crippen molar-refractivity contribution >= 4 is 11.6 Å². The molecule has 0 saturated carbocycles. The van der Waals surface area contributed by atoms with E-state index in [1.165, 1.54) is 5.56 Å². The average Bonchev–Trinajstić information content (AvgIpc) is 2.36. The Kier molecular flexibility index (Phi) is 5.86. The monoisotopic (exact) mass is 248 g/mol. The van der Waals surface area contributed by atoms with E-state index < -0.39 is 0 Å². The Labute approximate surface area is 110 Å². The third kappa shape index (κ3) is 4.49. The molecule has 0 spiro atoms. The maximum atomic E-state index is 11.9. The van der Waals surface area contributed by atoms with Crippen molar-refractivity contribution in [3.8, 4) is 0 Å². The fraction of sp³-hybridized carbons (Fsp3) is 0.533. The third-order valence-corrected chi connectivity index (χ3v) is 2.99. The molecule has 18 heavy (non-hydrogen) atoms. The van der Waals surface area contributed by atoms with Crippen molar-refractivity contribution in [2.75, 3.05) is 18.4 Å². The Hall–Kier alpha value is -1.35. The average molecular weight is 248 g/mol. The number of amides is 1. The molecule has 2 N–H and O–H groups in total. The van der Waals surface area contributed by atoms with Crippen molar-refractivity contribution in [2.24, 2.45) is 5.92 Å². The van der Waals surface area contributed by atoms with Crippen LogP contribution in [0.15, 0.2) is 24.3 Å². The number of benzene rings is 1. The summed E-state index contributed by atoms with van der Waals surface area (Å²) in [5, 5.41) is 6.12. The molecule has 0 saturated heterocycles. The van der Waals surface area contributed by atoms with Crippen LogP contribution in [0, 0.1) is 5.92 Å². The predicted octanol–water partition coefficient (Wildman–Crippen LogP) is 2.99. The first-order valence-electron chi connectivity index (χ1n) is 6.66. The molecule has 0 bridgehead atoms. The first kappa shape index (κ1) is 14.7. The van der Waals surface area contributed by atoms with Gasteiger partial charge in [0.05, 0.1) is 0 Å². The molecule has 1 rings (SSSR count). The van der Waals surface area contributed by atoms with Gasteiger partial charge in [-0.25, -0.2) is 0 Å². The first-order chi connectivity index (χ1) is 8.54. The Bertz CT molecular complexity index is 371. The van der Waals surface area contributed by atoms with Gasteiger partial charge in [-0.3, -0.25) is 4.79 Å². The summed E-state index contributed by atoms with van der Waals surface area (Å²) in [6.45, 7) is 9.89. The number of hydrogen-bond donors (Lipinski definition) is 2. The van der Waals surface area contributed by atoms with Crippen LogP contribution in [-0.2, 0) is 4.79 Å². The molecule has 0 radical (unpaired) electrons. The summed E-state index contributed by atoms with van der Waals surface area (Å²) in [4.78, 5) is 11.9. The van der Waals surface area contributed by atoms with Gasteiger partial charge in [-0.05, 0) is 30.2 Å². The smallest absolute Gasteiger partial charge is 0.228 e. The number of carbonyl (C=O) groups is 1. The van der Waals surface area contributed by atoms with Crippen molar-refractivity contribution in [3.63, 3.8) is 0 Å². The van der Waals surface area contributed by atoms with E-state index in [9.17, 15) is 4.79 Å². The highest BCUT2D eigenvalue weighted by Crippen LogP contribution is 2.17. The lowest BCUT2D eigenvalue weighted by atomic mass is 10.0. The quantitative estimate of drug-likeness (QED) is 0.812. The molecular formula is C15H24N2O. The van der Waals surface area contributed by atoms with E-state index in [2.05, 4.69) is 36.6 Å². The summed E-state index contributed by atoms with van der Waals surface area (Å²) in [5.74, 6) is 0.561. The third-order valence-electron chi connectivity index (χ3n) is 2.99. The second-order valence-corrected chi connectivity index (χ2v) is 4.97. The SMILES string of the molecule is CCNCC(C)C(=O)Nc1ccc(C(C)C)cc1. The number of rotatable bonds is 6. The van der Waals surface area contributed by atoms with Gasteiger partial charge in [0.2, 0.25) is 5.91 Å². The zero-order chi connectivity index (χ0) is 13.5. The van der Waals surface area contributed by atoms with Crippen molar-refractivity contribution in [2.45, 2.75) is 33.6 Å². The van der Waals surface area contributed by atoms with Gasteiger partial charge in [0.25, 0.3) is 0 Å². The molecule has 1 aromatic rings. The number of hydrogen-bond acceptors (Lipinski definition) is 2. The molecule has 1 unspecified atom stereocenters. The molecule has 0 heterocycles. The van der Waals surface area contributed by atoms with Crippen LogP contribution in [0.3, 0.4) is 0 Å². The highest BCUT2D eigenvalue weighted by atomic mass is 16.1. The summed E-state index contributed by atoms with van der Waals surface area (Å²) < 4.78 is 0. The van der Waals surface area contributed by atoms with E-state index in [4.69, 9.17) is 0 Å². The second-order valence-electron chi connectivity index (χ2n) is 4.97. The Morgan fingerprint density at radius 2 is 1.78 bits per heavy atom. The standard InChI is InChI=1S/C15H24N2O/c1-5-16-10-12(4)15(18)17-14-8-6-13(7-9-14)11(2)3/h6-9,11-12,16H,5,10H2,1-4H3,(H,17,18). The topological polar surface area (TPSA) is 41.1 Å². The number of nitrogens with one attached hydrogen (secondary N) is 2. The van der Waals surface area contributed by atoms with Crippen LogP contribution in [0.1, 0.15) is 39.2 Å². The lowest BCUT2D eigenvalue weighted by molar-refractivity contribution is -0.119. The molecule has 0 aliphatic carbocycles. The highest BCUT2D eigenvalue weighted by molar-refractivity contribution is 5.92. The summed E-state index contributed by atoms with van der Waals surface area (Å²) >= 11 is 0. The Balaban J connectivity index is 2.53. The lowest BCUT2D eigenvalue weighted by Gasteiger charge is -2.13. The summed E-state index contributed by atoms with van der Waals surface area (Å²) in [7, 11) is 0. The van der Waals surface area contributed by atoms with E-state index in [0.717, 1.165) is 12.2 Å². The minimum Gasteiger partial charge on any atom is -0.326 e. The van der Waals surface area contributed by atoms with Gasteiger partial charge in [0.1, 0.15) is 0 Å². The molecule has 1 aromatic carbocycles.